The first-order valence-corrected chi connectivity index (χ1v) is 12.3. The fourth-order valence-electron chi connectivity index (χ4n) is 6.41. The van der Waals surface area contributed by atoms with Crippen LogP contribution in [0, 0.1) is 18.3 Å². The summed E-state index contributed by atoms with van der Waals surface area (Å²) in [4.78, 5) is 19.0. The SMILES string of the molecule is Cc1cc2c(cc1N1CCN(C3CCC3)CC1)C(C)(C)C1=C(C2=O)c2ccc(C#N)cc2C1. The van der Waals surface area contributed by atoms with Crippen molar-refractivity contribution < 1.29 is 4.79 Å². The van der Waals surface area contributed by atoms with Crippen molar-refractivity contribution in [2.75, 3.05) is 31.1 Å². The van der Waals surface area contributed by atoms with Gasteiger partial charge in [0.1, 0.15) is 0 Å². The van der Waals surface area contributed by atoms with E-state index in [2.05, 4.69) is 48.8 Å². The van der Waals surface area contributed by atoms with Gasteiger partial charge in [0.2, 0.25) is 0 Å². The highest BCUT2D eigenvalue weighted by Gasteiger charge is 2.43. The number of anilines is 1. The first kappa shape index (κ1) is 20.7. The number of fused-ring (bicyclic) bond motifs is 3. The maximum absolute atomic E-state index is 13.8. The van der Waals surface area contributed by atoms with Crippen LogP contribution in [0.5, 0.6) is 0 Å². The molecule has 1 heterocycles. The molecule has 0 bridgehead atoms. The Morgan fingerprint density at radius 3 is 2.45 bits per heavy atom. The van der Waals surface area contributed by atoms with Crippen LogP contribution in [0.2, 0.25) is 0 Å². The van der Waals surface area contributed by atoms with Gasteiger partial charge >= 0.3 is 0 Å². The Morgan fingerprint density at radius 2 is 1.79 bits per heavy atom. The van der Waals surface area contributed by atoms with Crippen LogP contribution in [-0.4, -0.2) is 42.9 Å². The van der Waals surface area contributed by atoms with Gasteiger partial charge in [-0.1, -0.05) is 26.3 Å². The summed E-state index contributed by atoms with van der Waals surface area (Å²) >= 11 is 0. The van der Waals surface area contributed by atoms with Crippen LogP contribution in [0.1, 0.15) is 71.3 Å². The number of allylic oxidation sites excluding steroid dienone is 2. The van der Waals surface area contributed by atoms with Crippen LogP contribution in [0.3, 0.4) is 0 Å². The normalized spacial score (nSPS) is 21.9. The second kappa shape index (κ2) is 7.30. The number of nitrogens with zero attached hydrogens (tertiary/aromatic N) is 3. The molecule has 2 aromatic rings. The van der Waals surface area contributed by atoms with Gasteiger partial charge in [0.25, 0.3) is 0 Å². The van der Waals surface area contributed by atoms with Crippen molar-refractivity contribution in [2.24, 2.45) is 0 Å². The van der Waals surface area contributed by atoms with Crippen LogP contribution in [0.25, 0.3) is 5.57 Å². The Balaban J connectivity index is 1.36. The molecule has 168 valence electrons. The highest BCUT2D eigenvalue weighted by atomic mass is 16.1. The van der Waals surface area contributed by atoms with Crippen molar-refractivity contribution in [3.05, 3.63) is 69.3 Å². The van der Waals surface area contributed by atoms with E-state index in [4.69, 9.17) is 0 Å². The molecular formula is C29H31N3O. The van der Waals surface area contributed by atoms with Crippen LogP contribution in [-0.2, 0) is 11.8 Å². The molecule has 2 fully saturated rings. The molecule has 0 aromatic heterocycles. The van der Waals surface area contributed by atoms with Crippen LogP contribution >= 0.6 is 0 Å². The molecule has 1 saturated heterocycles. The molecule has 0 atom stereocenters. The maximum atomic E-state index is 13.8. The summed E-state index contributed by atoms with van der Waals surface area (Å²) in [7, 11) is 0. The average molecular weight is 438 g/mol. The summed E-state index contributed by atoms with van der Waals surface area (Å²) in [6.07, 6.45) is 4.87. The minimum absolute atomic E-state index is 0.146. The number of carbonyl (C=O) groups excluding carboxylic acids is 1. The van der Waals surface area contributed by atoms with E-state index in [1.807, 2.05) is 18.2 Å². The van der Waals surface area contributed by atoms with E-state index in [0.717, 1.165) is 66.5 Å². The topological polar surface area (TPSA) is 47.3 Å². The van der Waals surface area contributed by atoms with E-state index in [9.17, 15) is 10.1 Å². The Kier molecular flexibility index (Phi) is 4.58. The highest BCUT2D eigenvalue weighted by Crippen LogP contribution is 2.51. The third-order valence-corrected chi connectivity index (χ3v) is 8.65. The molecule has 0 N–H and O–H groups in total. The highest BCUT2D eigenvalue weighted by molar-refractivity contribution is 6.33. The van der Waals surface area contributed by atoms with Crippen molar-refractivity contribution in [1.29, 1.82) is 5.26 Å². The predicted octanol–water partition coefficient (Wildman–Crippen LogP) is 5.03. The van der Waals surface area contributed by atoms with Gasteiger partial charge in [-0.25, -0.2) is 0 Å². The lowest BCUT2D eigenvalue weighted by Crippen LogP contribution is -2.52. The Morgan fingerprint density at radius 1 is 1.03 bits per heavy atom. The maximum Gasteiger partial charge on any atom is 0.193 e. The number of Topliss-reactive ketones (excluding diaryl/α,β-unsaturated/α-hetero) is 1. The number of hydrogen-bond donors (Lipinski definition) is 0. The van der Waals surface area contributed by atoms with Crippen LogP contribution < -0.4 is 4.90 Å². The van der Waals surface area contributed by atoms with Crippen molar-refractivity contribution >= 4 is 17.0 Å². The zero-order valence-electron chi connectivity index (χ0n) is 19.9. The summed E-state index contributed by atoms with van der Waals surface area (Å²) in [6, 6.07) is 13.3. The summed E-state index contributed by atoms with van der Waals surface area (Å²) < 4.78 is 0. The van der Waals surface area contributed by atoms with E-state index >= 15 is 0 Å². The lowest BCUT2D eigenvalue weighted by atomic mass is 9.68. The largest absolute Gasteiger partial charge is 0.369 e. The smallest absolute Gasteiger partial charge is 0.193 e. The van der Waals surface area contributed by atoms with Crippen LogP contribution in [0.15, 0.2) is 35.9 Å². The third kappa shape index (κ3) is 3.02. The molecular weight excluding hydrogens is 406 g/mol. The van der Waals surface area contributed by atoms with Crippen molar-refractivity contribution in [1.82, 2.24) is 4.90 Å². The van der Waals surface area contributed by atoms with Gasteiger partial charge in [-0.2, -0.15) is 5.26 Å². The molecule has 3 aliphatic carbocycles. The summed E-state index contributed by atoms with van der Waals surface area (Å²) in [6.45, 7) is 11.1. The van der Waals surface area contributed by atoms with Crippen LogP contribution in [0.4, 0.5) is 5.69 Å². The molecule has 2 aromatic carbocycles. The molecule has 1 aliphatic heterocycles. The van der Waals surface area contributed by atoms with E-state index < -0.39 is 0 Å². The van der Waals surface area contributed by atoms with Gasteiger partial charge in [0.15, 0.2) is 5.78 Å². The summed E-state index contributed by atoms with van der Waals surface area (Å²) in [5, 5.41) is 9.33. The first-order chi connectivity index (χ1) is 15.9. The monoisotopic (exact) mass is 437 g/mol. The van der Waals surface area contributed by atoms with Crippen molar-refractivity contribution in [3.8, 4) is 6.07 Å². The molecule has 1 saturated carbocycles. The number of aryl methyl sites for hydroxylation is 1. The van der Waals surface area contributed by atoms with Gasteiger partial charge in [-0.05, 0) is 78.3 Å². The molecule has 0 unspecified atom stereocenters. The quantitative estimate of drug-likeness (QED) is 0.662. The Bertz CT molecular complexity index is 1250. The number of hydrogen-bond acceptors (Lipinski definition) is 4. The predicted molar refractivity (Wildman–Crippen MR) is 132 cm³/mol. The van der Waals surface area contributed by atoms with Gasteiger partial charge in [-0.3, -0.25) is 9.69 Å². The number of ketones is 1. The average Bonchev–Trinajstić information content (AvgIpc) is 3.17. The minimum Gasteiger partial charge on any atom is -0.369 e. The summed E-state index contributed by atoms with van der Waals surface area (Å²) in [5.41, 5.74) is 9.12. The minimum atomic E-state index is -0.222. The molecule has 4 aliphatic rings. The second-order valence-electron chi connectivity index (χ2n) is 10.8. The molecule has 0 radical (unpaired) electrons. The fraction of sp³-hybridized carbons (Fsp3) is 0.448. The first-order valence-electron chi connectivity index (χ1n) is 12.3. The number of carbonyl (C=O) groups is 1. The van der Waals surface area contributed by atoms with Gasteiger partial charge in [0, 0.05) is 54.5 Å². The molecule has 4 nitrogen and oxygen atoms in total. The third-order valence-electron chi connectivity index (χ3n) is 8.65. The molecule has 33 heavy (non-hydrogen) atoms. The molecule has 0 amide bonds. The van der Waals surface area contributed by atoms with Crippen molar-refractivity contribution in [2.45, 2.75) is 57.9 Å². The fourth-order valence-corrected chi connectivity index (χ4v) is 6.41. The lowest BCUT2D eigenvalue weighted by molar-refractivity contribution is 0.105. The second-order valence-corrected chi connectivity index (χ2v) is 10.8. The van der Waals surface area contributed by atoms with E-state index in [1.165, 1.54) is 36.1 Å². The van der Waals surface area contributed by atoms with Gasteiger partial charge < -0.3 is 4.90 Å². The van der Waals surface area contributed by atoms with Gasteiger partial charge in [-0.15, -0.1) is 0 Å². The standard InChI is InChI=1S/C29H31N3O/c1-18-13-23-24(16-26(18)32-11-9-31(10-12-32)21-5-4-6-21)29(2,3)25-15-20-14-19(17-30)7-8-22(20)27(25)28(23)33/h7-8,13-14,16,21H,4-6,9-12,15H2,1-3H3. The molecule has 6 rings (SSSR count). The zero-order valence-corrected chi connectivity index (χ0v) is 19.9. The van der Waals surface area contributed by atoms with E-state index in [0.29, 0.717) is 5.56 Å². The number of rotatable bonds is 2. The Hall–Kier alpha value is -2.90. The van der Waals surface area contributed by atoms with E-state index in [1.54, 1.807) is 0 Å². The zero-order chi connectivity index (χ0) is 22.9. The number of piperazine rings is 1. The summed E-state index contributed by atoms with van der Waals surface area (Å²) in [5.74, 6) is 0.146. The number of benzene rings is 2. The Labute approximate surface area is 196 Å². The van der Waals surface area contributed by atoms with Gasteiger partial charge in [0.05, 0.1) is 11.6 Å². The molecule has 0 spiro atoms. The molecule has 4 heteroatoms. The van der Waals surface area contributed by atoms with E-state index in [-0.39, 0.29) is 11.2 Å². The lowest BCUT2D eigenvalue weighted by Gasteiger charge is -2.44. The van der Waals surface area contributed by atoms with Crippen molar-refractivity contribution in [3.63, 3.8) is 0 Å². The number of nitriles is 1.